The molecule has 0 aliphatic rings. The summed E-state index contributed by atoms with van der Waals surface area (Å²) in [5, 5.41) is 26.0. The first-order chi connectivity index (χ1) is 15.4. The van der Waals surface area contributed by atoms with E-state index in [-0.39, 0.29) is 17.3 Å². The normalized spacial score (nSPS) is 11.9. The molecule has 7 heteroatoms. The van der Waals surface area contributed by atoms with E-state index in [0.717, 1.165) is 34.1 Å². The lowest BCUT2D eigenvalue weighted by Gasteiger charge is -2.20. The first-order valence-electron chi connectivity index (χ1n) is 10.3. The van der Waals surface area contributed by atoms with Crippen LogP contribution in [0, 0.1) is 5.41 Å². The maximum atomic E-state index is 12.0. The van der Waals surface area contributed by atoms with Gasteiger partial charge in [0.05, 0.1) is 23.9 Å². The topological polar surface area (TPSA) is 125 Å². The van der Waals surface area contributed by atoms with Gasteiger partial charge in [-0.15, -0.1) is 0 Å². The fourth-order valence-corrected chi connectivity index (χ4v) is 4.15. The summed E-state index contributed by atoms with van der Waals surface area (Å²) in [5.74, 6) is -0.556. The summed E-state index contributed by atoms with van der Waals surface area (Å²) in [6.45, 7) is 2.09. The summed E-state index contributed by atoms with van der Waals surface area (Å²) in [7, 11) is 1.52. The van der Waals surface area contributed by atoms with E-state index in [9.17, 15) is 9.90 Å². The standard InChI is InChI=1S/C25H24N4O3/c1-3-16(23-20-10-8-14(24(26)27)12-22(20)28-29-23)17-6-4-5-7-18(17)19-11-9-15(32-2)13-21(19)25(30)31/h4-13,16H,3H2,1-2H3,(H3,26,27)(H,28,29)(H,30,31). The quantitative estimate of drug-likeness (QED) is 0.249. The number of aromatic nitrogens is 2. The Balaban J connectivity index is 1.88. The summed E-state index contributed by atoms with van der Waals surface area (Å²) >= 11 is 0. The lowest BCUT2D eigenvalue weighted by atomic mass is 9.84. The molecule has 0 amide bonds. The number of aromatic carboxylic acids is 1. The number of nitrogens with zero attached hydrogens (tertiary/aromatic N) is 1. The second-order valence-corrected chi connectivity index (χ2v) is 7.55. The molecule has 0 aliphatic heterocycles. The van der Waals surface area contributed by atoms with Crippen LogP contribution in [0.1, 0.15) is 46.4 Å². The lowest BCUT2D eigenvalue weighted by Crippen LogP contribution is -2.10. The number of carbonyl (C=O) groups is 1. The number of H-pyrrole nitrogens is 1. The van der Waals surface area contributed by atoms with Gasteiger partial charge in [-0.3, -0.25) is 10.5 Å². The van der Waals surface area contributed by atoms with E-state index in [4.69, 9.17) is 15.9 Å². The van der Waals surface area contributed by atoms with Gasteiger partial charge in [-0.2, -0.15) is 5.10 Å². The van der Waals surface area contributed by atoms with Gasteiger partial charge < -0.3 is 15.6 Å². The molecule has 1 unspecified atom stereocenters. The highest BCUT2D eigenvalue weighted by Gasteiger charge is 2.23. The van der Waals surface area contributed by atoms with Crippen LogP contribution in [0.15, 0.2) is 60.7 Å². The number of carboxylic acids is 1. The molecule has 0 saturated carbocycles. The number of nitrogens with two attached hydrogens (primary N) is 1. The molecule has 162 valence electrons. The number of methoxy groups -OCH3 is 1. The Morgan fingerprint density at radius 2 is 1.94 bits per heavy atom. The number of fused-ring (bicyclic) bond motifs is 1. The molecular weight excluding hydrogens is 404 g/mol. The molecule has 4 rings (SSSR count). The predicted molar refractivity (Wildman–Crippen MR) is 125 cm³/mol. The molecule has 1 atom stereocenters. The molecular formula is C25H24N4O3. The minimum atomic E-state index is -1.01. The third kappa shape index (κ3) is 3.69. The largest absolute Gasteiger partial charge is 0.497 e. The van der Waals surface area contributed by atoms with Gasteiger partial charge >= 0.3 is 5.97 Å². The van der Waals surface area contributed by atoms with Crippen LogP contribution in [0.2, 0.25) is 0 Å². The van der Waals surface area contributed by atoms with Crippen molar-refractivity contribution in [3.63, 3.8) is 0 Å². The van der Waals surface area contributed by atoms with Gasteiger partial charge in [-0.1, -0.05) is 43.3 Å². The average Bonchev–Trinajstić information content (AvgIpc) is 3.22. The lowest BCUT2D eigenvalue weighted by molar-refractivity contribution is 0.0697. The highest BCUT2D eigenvalue weighted by molar-refractivity contribution is 5.99. The zero-order chi connectivity index (χ0) is 22.8. The predicted octanol–water partition coefficient (Wildman–Crippen LogP) is 4.76. The Kier molecular flexibility index (Phi) is 5.64. The van der Waals surface area contributed by atoms with Crippen molar-refractivity contribution in [3.8, 4) is 16.9 Å². The fraction of sp³-hybridized carbons (Fsp3) is 0.160. The van der Waals surface area contributed by atoms with Crippen molar-refractivity contribution in [1.29, 1.82) is 5.41 Å². The summed E-state index contributed by atoms with van der Waals surface area (Å²) in [6.07, 6.45) is 0.779. The van der Waals surface area contributed by atoms with E-state index in [0.29, 0.717) is 16.9 Å². The van der Waals surface area contributed by atoms with Crippen molar-refractivity contribution < 1.29 is 14.6 Å². The maximum absolute atomic E-state index is 12.0. The number of carboxylic acid groups (broad SMARTS) is 1. The van der Waals surface area contributed by atoms with Gasteiger partial charge in [0.15, 0.2) is 0 Å². The Hall–Kier alpha value is -4.13. The van der Waals surface area contributed by atoms with Crippen LogP contribution in [0.4, 0.5) is 0 Å². The van der Waals surface area contributed by atoms with Crippen molar-refractivity contribution >= 4 is 22.7 Å². The number of amidine groups is 1. The number of nitrogens with one attached hydrogen (secondary N) is 2. The van der Waals surface area contributed by atoms with Crippen LogP contribution in [-0.2, 0) is 0 Å². The van der Waals surface area contributed by atoms with Crippen LogP contribution in [0.5, 0.6) is 5.75 Å². The van der Waals surface area contributed by atoms with E-state index >= 15 is 0 Å². The van der Waals surface area contributed by atoms with Crippen LogP contribution in [0.25, 0.3) is 22.0 Å². The summed E-state index contributed by atoms with van der Waals surface area (Å²) in [6, 6.07) is 18.5. The van der Waals surface area contributed by atoms with Gasteiger partial charge in [0.2, 0.25) is 0 Å². The molecule has 5 N–H and O–H groups in total. The molecule has 0 radical (unpaired) electrons. The molecule has 7 nitrogen and oxygen atoms in total. The highest BCUT2D eigenvalue weighted by Crippen LogP contribution is 2.39. The van der Waals surface area contributed by atoms with Gasteiger partial charge in [-0.25, -0.2) is 4.79 Å². The zero-order valence-electron chi connectivity index (χ0n) is 17.8. The van der Waals surface area contributed by atoms with Gasteiger partial charge in [0.25, 0.3) is 0 Å². The second kappa shape index (κ2) is 8.55. The van der Waals surface area contributed by atoms with Crippen molar-refractivity contribution in [2.75, 3.05) is 7.11 Å². The molecule has 0 saturated heterocycles. The number of aromatic amines is 1. The average molecular weight is 428 g/mol. The number of nitrogen functional groups attached to an aromatic ring is 1. The molecule has 4 aromatic rings. The Morgan fingerprint density at radius 1 is 1.16 bits per heavy atom. The maximum Gasteiger partial charge on any atom is 0.336 e. The number of ether oxygens (including phenoxy) is 1. The van der Waals surface area contributed by atoms with E-state index in [1.165, 1.54) is 7.11 Å². The summed E-state index contributed by atoms with van der Waals surface area (Å²) in [5.41, 5.74) is 10.6. The van der Waals surface area contributed by atoms with Crippen molar-refractivity contribution in [2.24, 2.45) is 5.73 Å². The number of hydrogen-bond donors (Lipinski definition) is 4. The third-order valence-electron chi connectivity index (χ3n) is 5.74. The SMILES string of the molecule is CCC(c1ccccc1-c1ccc(OC)cc1C(=O)O)c1[nH]nc2cc(C(=N)N)ccc12. The van der Waals surface area contributed by atoms with Crippen LogP contribution < -0.4 is 10.5 Å². The molecule has 0 spiro atoms. The molecule has 1 aromatic heterocycles. The number of hydrogen-bond acceptors (Lipinski definition) is 4. The molecule has 1 heterocycles. The molecule has 3 aromatic carbocycles. The first kappa shape index (κ1) is 21.1. The molecule has 0 aliphatic carbocycles. The van der Waals surface area contributed by atoms with Gasteiger partial charge in [0.1, 0.15) is 11.6 Å². The minimum absolute atomic E-state index is 0.00505. The van der Waals surface area contributed by atoms with Gasteiger partial charge in [-0.05, 0) is 47.4 Å². The van der Waals surface area contributed by atoms with Crippen molar-refractivity contribution in [3.05, 3.63) is 83.0 Å². The van der Waals surface area contributed by atoms with E-state index in [2.05, 4.69) is 17.1 Å². The number of benzene rings is 3. The smallest absolute Gasteiger partial charge is 0.336 e. The summed E-state index contributed by atoms with van der Waals surface area (Å²) in [4.78, 5) is 12.0. The monoisotopic (exact) mass is 428 g/mol. The van der Waals surface area contributed by atoms with Crippen molar-refractivity contribution in [2.45, 2.75) is 19.3 Å². The summed E-state index contributed by atoms with van der Waals surface area (Å²) < 4.78 is 5.23. The Bertz CT molecular complexity index is 1330. The van der Waals surface area contributed by atoms with Crippen LogP contribution in [-0.4, -0.2) is 34.2 Å². The van der Waals surface area contributed by atoms with Crippen LogP contribution >= 0.6 is 0 Å². The highest BCUT2D eigenvalue weighted by atomic mass is 16.5. The van der Waals surface area contributed by atoms with Gasteiger partial charge in [0, 0.05) is 16.9 Å². The minimum Gasteiger partial charge on any atom is -0.497 e. The molecule has 32 heavy (non-hydrogen) atoms. The van der Waals surface area contributed by atoms with E-state index in [1.54, 1.807) is 24.3 Å². The van der Waals surface area contributed by atoms with Crippen molar-refractivity contribution in [1.82, 2.24) is 10.2 Å². The second-order valence-electron chi connectivity index (χ2n) is 7.55. The Labute approximate surface area is 185 Å². The molecule has 0 fully saturated rings. The molecule has 0 bridgehead atoms. The Morgan fingerprint density at radius 3 is 2.62 bits per heavy atom. The van der Waals surface area contributed by atoms with Crippen LogP contribution in [0.3, 0.4) is 0 Å². The zero-order valence-corrected chi connectivity index (χ0v) is 17.8. The van der Waals surface area contributed by atoms with E-state index < -0.39 is 5.97 Å². The van der Waals surface area contributed by atoms with E-state index in [1.807, 2.05) is 36.4 Å². The first-order valence-corrected chi connectivity index (χ1v) is 10.3. The third-order valence-corrected chi connectivity index (χ3v) is 5.74. The fourth-order valence-electron chi connectivity index (χ4n) is 4.15. The number of rotatable bonds is 7.